The van der Waals surface area contributed by atoms with E-state index in [9.17, 15) is 9.59 Å². The first-order valence-corrected chi connectivity index (χ1v) is 8.02. The molecule has 128 valence electrons. The van der Waals surface area contributed by atoms with Crippen molar-refractivity contribution in [3.8, 4) is 5.75 Å². The van der Waals surface area contributed by atoms with Crippen molar-refractivity contribution < 1.29 is 14.3 Å². The van der Waals surface area contributed by atoms with Crippen LogP contribution in [0.3, 0.4) is 0 Å². The standard InChI is InChI=1S/C17H27N3O3/c1-2-3-4-5-14-6-8-15(9-7-14)23-11-10-20(12-16(18)21)13-17(19)22/h6-9H,2-5,10-13H2,1H3,(H2,18,21)(H2,19,22). The van der Waals surface area contributed by atoms with Gasteiger partial charge in [-0.25, -0.2) is 0 Å². The molecule has 6 heteroatoms. The van der Waals surface area contributed by atoms with E-state index in [1.807, 2.05) is 12.1 Å². The maximum absolute atomic E-state index is 11.0. The summed E-state index contributed by atoms with van der Waals surface area (Å²) in [7, 11) is 0. The van der Waals surface area contributed by atoms with E-state index in [4.69, 9.17) is 16.2 Å². The van der Waals surface area contributed by atoms with E-state index in [0.29, 0.717) is 13.2 Å². The number of ether oxygens (including phenoxy) is 1. The number of rotatable bonds is 12. The van der Waals surface area contributed by atoms with E-state index in [1.54, 1.807) is 4.90 Å². The van der Waals surface area contributed by atoms with E-state index in [2.05, 4.69) is 19.1 Å². The molecular weight excluding hydrogens is 294 g/mol. The lowest BCUT2D eigenvalue weighted by Gasteiger charge is -2.19. The number of primary amides is 2. The molecule has 0 spiro atoms. The fraction of sp³-hybridized carbons (Fsp3) is 0.529. The molecule has 1 rings (SSSR count). The predicted octanol–water partition coefficient (Wildman–Crippen LogP) is 1.07. The van der Waals surface area contributed by atoms with E-state index in [1.165, 1.54) is 24.8 Å². The van der Waals surface area contributed by atoms with Crippen LogP contribution in [0.2, 0.25) is 0 Å². The summed E-state index contributed by atoms with van der Waals surface area (Å²) in [6, 6.07) is 8.01. The van der Waals surface area contributed by atoms with Crippen molar-refractivity contribution in [2.24, 2.45) is 11.5 Å². The zero-order chi connectivity index (χ0) is 17.1. The molecule has 1 aromatic carbocycles. The molecule has 0 atom stereocenters. The average Bonchev–Trinajstić information content (AvgIpc) is 2.48. The van der Waals surface area contributed by atoms with Gasteiger partial charge in [0.1, 0.15) is 12.4 Å². The Morgan fingerprint density at radius 1 is 1.04 bits per heavy atom. The number of aryl methyl sites for hydroxylation is 1. The van der Waals surface area contributed by atoms with Crippen LogP contribution in [0.1, 0.15) is 31.7 Å². The van der Waals surface area contributed by atoms with E-state index in [0.717, 1.165) is 12.2 Å². The highest BCUT2D eigenvalue weighted by Gasteiger charge is 2.11. The third-order valence-corrected chi connectivity index (χ3v) is 3.43. The first kappa shape index (κ1) is 19.0. The van der Waals surface area contributed by atoms with Crippen molar-refractivity contribution in [3.05, 3.63) is 29.8 Å². The van der Waals surface area contributed by atoms with Crippen molar-refractivity contribution in [3.63, 3.8) is 0 Å². The number of hydrogen-bond acceptors (Lipinski definition) is 4. The van der Waals surface area contributed by atoms with Crippen molar-refractivity contribution >= 4 is 11.8 Å². The maximum atomic E-state index is 11.0. The number of nitrogens with zero attached hydrogens (tertiary/aromatic N) is 1. The normalized spacial score (nSPS) is 10.7. The van der Waals surface area contributed by atoms with Gasteiger partial charge in [0, 0.05) is 6.54 Å². The molecule has 0 aliphatic carbocycles. The smallest absolute Gasteiger partial charge is 0.231 e. The second-order valence-corrected chi connectivity index (χ2v) is 5.59. The number of carbonyl (C=O) groups is 2. The molecular formula is C17H27N3O3. The van der Waals surface area contributed by atoms with E-state index >= 15 is 0 Å². The van der Waals surface area contributed by atoms with Gasteiger partial charge in [-0.3, -0.25) is 14.5 Å². The molecule has 0 fully saturated rings. The first-order chi connectivity index (χ1) is 11.0. The molecule has 0 saturated heterocycles. The highest BCUT2D eigenvalue weighted by molar-refractivity contribution is 5.79. The number of hydrogen-bond donors (Lipinski definition) is 2. The van der Waals surface area contributed by atoms with Crippen molar-refractivity contribution in [2.75, 3.05) is 26.2 Å². The molecule has 1 aromatic rings. The molecule has 0 aliphatic rings. The molecule has 2 amide bonds. The SMILES string of the molecule is CCCCCc1ccc(OCCN(CC(N)=O)CC(N)=O)cc1. The van der Waals surface area contributed by atoms with Crippen LogP contribution in [0.5, 0.6) is 5.75 Å². The number of carbonyl (C=O) groups excluding carboxylic acids is 2. The van der Waals surface area contributed by atoms with Crippen molar-refractivity contribution in [1.29, 1.82) is 0 Å². The minimum absolute atomic E-state index is 0.0112. The minimum Gasteiger partial charge on any atom is -0.492 e. The van der Waals surface area contributed by atoms with E-state index < -0.39 is 11.8 Å². The van der Waals surface area contributed by atoms with Crippen LogP contribution in [0.4, 0.5) is 0 Å². The maximum Gasteiger partial charge on any atom is 0.231 e. The zero-order valence-corrected chi connectivity index (χ0v) is 13.8. The van der Waals surface area contributed by atoms with Crippen molar-refractivity contribution in [1.82, 2.24) is 4.90 Å². The minimum atomic E-state index is -0.498. The van der Waals surface area contributed by atoms with Gasteiger partial charge in [-0.15, -0.1) is 0 Å². The summed E-state index contributed by atoms with van der Waals surface area (Å²) >= 11 is 0. The molecule has 23 heavy (non-hydrogen) atoms. The molecule has 0 saturated carbocycles. The number of amides is 2. The lowest BCUT2D eigenvalue weighted by atomic mass is 10.1. The second kappa shape index (κ2) is 10.6. The largest absolute Gasteiger partial charge is 0.492 e. The van der Waals surface area contributed by atoms with Crippen LogP contribution >= 0.6 is 0 Å². The lowest BCUT2D eigenvalue weighted by molar-refractivity contribution is -0.122. The Hall–Kier alpha value is -2.08. The fourth-order valence-electron chi connectivity index (χ4n) is 2.28. The summed E-state index contributed by atoms with van der Waals surface area (Å²) in [6.07, 6.45) is 4.74. The van der Waals surface area contributed by atoms with Gasteiger partial charge in [0.15, 0.2) is 0 Å². The summed E-state index contributed by atoms with van der Waals surface area (Å²) < 4.78 is 5.63. The molecule has 0 unspecified atom stereocenters. The molecule has 0 radical (unpaired) electrons. The number of benzene rings is 1. The number of unbranched alkanes of at least 4 members (excludes halogenated alkanes) is 2. The molecule has 0 bridgehead atoms. The van der Waals surface area contributed by atoms with Gasteiger partial charge in [0.25, 0.3) is 0 Å². The predicted molar refractivity (Wildman–Crippen MR) is 90.0 cm³/mol. The van der Waals surface area contributed by atoms with Crippen LogP contribution in [0, 0.1) is 0 Å². The quantitative estimate of drug-likeness (QED) is 0.563. The monoisotopic (exact) mass is 321 g/mol. The second-order valence-electron chi connectivity index (χ2n) is 5.59. The lowest BCUT2D eigenvalue weighted by Crippen LogP contribution is -2.41. The third kappa shape index (κ3) is 8.83. The van der Waals surface area contributed by atoms with Crippen LogP contribution in [0.25, 0.3) is 0 Å². The van der Waals surface area contributed by atoms with Gasteiger partial charge in [-0.05, 0) is 30.5 Å². The third-order valence-electron chi connectivity index (χ3n) is 3.43. The summed E-state index contributed by atoms with van der Waals surface area (Å²) in [5, 5.41) is 0. The van der Waals surface area contributed by atoms with Gasteiger partial charge >= 0.3 is 0 Å². The van der Waals surface area contributed by atoms with Crippen LogP contribution in [-0.2, 0) is 16.0 Å². The zero-order valence-electron chi connectivity index (χ0n) is 13.8. The summed E-state index contributed by atoms with van der Waals surface area (Å²) in [5.41, 5.74) is 11.6. The summed E-state index contributed by atoms with van der Waals surface area (Å²) in [6.45, 7) is 2.93. The van der Waals surface area contributed by atoms with Gasteiger partial charge in [-0.2, -0.15) is 0 Å². The molecule has 4 N–H and O–H groups in total. The molecule has 0 aliphatic heterocycles. The fourth-order valence-corrected chi connectivity index (χ4v) is 2.28. The summed E-state index contributed by atoms with van der Waals surface area (Å²) in [4.78, 5) is 23.5. The molecule has 6 nitrogen and oxygen atoms in total. The Morgan fingerprint density at radius 3 is 2.17 bits per heavy atom. The molecule has 0 heterocycles. The van der Waals surface area contributed by atoms with Gasteiger partial charge in [0.05, 0.1) is 13.1 Å². The highest BCUT2D eigenvalue weighted by atomic mass is 16.5. The average molecular weight is 321 g/mol. The Labute approximate surface area is 137 Å². The van der Waals surface area contributed by atoms with Gasteiger partial charge < -0.3 is 16.2 Å². The molecule has 0 aromatic heterocycles. The van der Waals surface area contributed by atoms with E-state index in [-0.39, 0.29) is 13.1 Å². The number of nitrogens with two attached hydrogens (primary N) is 2. The Bertz CT molecular complexity index is 472. The van der Waals surface area contributed by atoms with Gasteiger partial charge in [-0.1, -0.05) is 31.9 Å². The van der Waals surface area contributed by atoms with Crippen LogP contribution in [-0.4, -0.2) is 43.0 Å². The van der Waals surface area contributed by atoms with Gasteiger partial charge in [0.2, 0.25) is 11.8 Å². The first-order valence-electron chi connectivity index (χ1n) is 8.02. The van der Waals surface area contributed by atoms with Crippen LogP contribution in [0.15, 0.2) is 24.3 Å². The van der Waals surface area contributed by atoms with Crippen molar-refractivity contribution in [2.45, 2.75) is 32.6 Å². The summed E-state index contributed by atoms with van der Waals surface area (Å²) in [5.74, 6) is -0.229. The Balaban J connectivity index is 2.37. The highest BCUT2D eigenvalue weighted by Crippen LogP contribution is 2.14. The Morgan fingerprint density at radius 2 is 1.65 bits per heavy atom. The van der Waals surface area contributed by atoms with Crippen LogP contribution < -0.4 is 16.2 Å². The Kier molecular flexibility index (Phi) is 8.75. The topological polar surface area (TPSA) is 98.7 Å².